The average Bonchev–Trinajstić information content (AvgIpc) is 3.19. The largest absolute Gasteiger partial charge is 0.353 e. The number of hydrogen-bond acceptors (Lipinski definition) is 2. The number of hydrogen-bond donors (Lipinski definition) is 1. The van der Waals surface area contributed by atoms with E-state index >= 15 is 0 Å². The van der Waals surface area contributed by atoms with Crippen molar-refractivity contribution < 1.29 is 0 Å². The molecule has 0 saturated heterocycles. The van der Waals surface area contributed by atoms with Crippen molar-refractivity contribution in [3.8, 4) is 0 Å². The van der Waals surface area contributed by atoms with Gasteiger partial charge >= 0.3 is 0 Å². The summed E-state index contributed by atoms with van der Waals surface area (Å²) in [4.78, 5) is 11.0. The summed E-state index contributed by atoms with van der Waals surface area (Å²) in [5, 5.41) is 3.71. The number of aromatic nitrogens is 1. The summed E-state index contributed by atoms with van der Waals surface area (Å²) in [6.07, 6.45) is 9.43. The monoisotopic (exact) mass is 232 g/mol. The van der Waals surface area contributed by atoms with Gasteiger partial charge in [0.2, 0.25) is 0 Å². The fourth-order valence-electron chi connectivity index (χ4n) is 2.58. The van der Waals surface area contributed by atoms with Gasteiger partial charge in [-0.1, -0.05) is 0 Å². The molecular formula is C14H20N2O. The maximum Gasteiger partial charge on any atom is 0.181 e. The molecule has 0 amide bonds. The van der Waals surface area contributed by atoms with Gasteiger partial charge in [-0.25, -0.2) is 0 Å². The fourth-order valence-corrected chi connectivity index (χ4v) is 2.58. The van der Waals surface area contributed by atoms with E-state index in [1.54, 1.807) is 12.1 Å². The van der Waals surface area contributed by atoms with Crippen molar-refractivity contribution in [2.75, 3.05) is 6.54 Å². The van der Waals surface area contributed by atoms with E-state index in [1.165, 1.54) is 25.7 Å². The first kappa shape index (κ1) is 11.0. The van der Waals surface area contributed by atoms with E-state index < -0.39 is 0 Å². The van der Waals surface area contributed by atoms with Gasteiger partial charge in [-0.3, -0.25) is 4.79 Å². The molecule has 0 aliphatic heterocycles. The van der Waals surface area contributed by atoms with Crippen LogP contribution < -0.4 is 10.7 Å². The second-order valence-electron chi connectivity index (χ2n) is 5.43. The fraction of sp³-hybridized carbons (Fsp3) is 0.643. The van der Waals surface area contributed by atoms with E-state index in [0.717, 1.165) is 31.0 Å². The number of nitrogens with one attached hydrogen (secondary N) is 1. The summed E-state index contributed by atoms with van der Waals surface area (Å²) in [5.74, 6) is 1.91. The van der Waals surface area contributed by atoms with Gasteiger partial charge in [0.1, 0.15) is 0 Å². The van der Waals surface area contributed by atoms with Crippen LogP contribution in [0.5, 0.6) is 0 Å². The second kappa shape index (κ2) is 4.65. The summed E-state index contributed by atoms with van der Waals surface area (Å²) in [5.41, 5.74) is 0.0862. The van der Waals surface area contributed by atoms with Crippen molar-refractivity contribution in [1.29, 1.82) is 0 Å². The third kappa shape index (κ3) is 2.97. The Labute approximate surface area is 102 Å². The molecule has 2 saturated carbocycles. The predicted octanol–water partition coefficient (Wildman–Crippen LogP) is 1.63. The highest BCUT2D eigenvalue weighted by molar-refractivity contribution is 4.97. The van der Waals surface area contributed by atoms with Crippen molar-refractivity contribution in [2.45, 2.75) is 38.3 Å². The number of pyridine rings is 1. The van der Waals surface area contributed by atoms with Gasteiger partial charge in [-0.15, -0.1) is 0 Å². The van der Waals surface area contributed by atoms with Crippen molar-refractivity contribution in [3.05, 3.63) is 34.7 Å². The molecule has 0 unspecified atom stereocenters. The van der Waals surface area contributed by atoms with Crippen molar-refractivity contribution in [3.63, 3.8) is 0 Å². The minimum absolute atomic E-state index is 0.0862. The average molecular weight is 232 g/mol. The Balaban J connectivity index is 1.47. The smallest absolute Gasteiger partial charge is 0.181 e. The molecule has 0 bridgehead atoms. The zero-order chi connectivity index (χ0) is 11.7. The van der Waals surface area contributed by atoms with E-state index in [9.17, 15) is 4.79 Å². The van der Waals surface area contributed by atoms with Crippen LogP contribution in [0.4, 0.5) is 0 Å². The molecule has 0 atom stereocenters. The summed E-state index contributed by atoms with van der Waals surface area (Å²) in [7, 11) is 0. The number of nitrogens with zero attached hydrogens (tertiary/aromatic N) is 1. The van der Waals surface area contributed by atoms with Crippen LogP contribution in [0.2, 0.25) is 0 Å². The Morgan fingerprint density at radius 3 is 2.29 bits per heavy atom. The summed E-state index contributed by atoms with van der Waals surface area (Å²) < 4.78 is 2.07. The van der Waals surface area contributed by atoms with E-state index in [4.69, 9.17) is 0 Å². The lowest BCUT2D eigenvalue weighted by Gasteiger charge is -2.18. The molecule has 0 aromatic carbocycles. The summed E-state index contributed by atoms with van der Waals surface area (Å²) >= 11 is 0. The topological polar surface area (TPSA) is 34.0 Å². The SMILES string of the molecule is O=c1ccn(CCNC(C2CC2)C2CC2)cc1. The molecule has 3 rings (SSSR count). The summed E-state index contributed by atoms with van der Waals surface area (Å²) in [6, 6.07) is 4.02. The van der Waals surface area contributed by atoms with Crippen LogP contribution in [0.15, 0.2) is 29.3 Å². The van der Waals surface area contributed by atoms with Crippen LogP contribution >= 0.6 is 0 Å². The van der Waals surface area contributed by atoms with Gasteiger partial charge in [0, 0.05) is 43.7 Å². The first-order valence-corrected chi connectivity index (χ1v) is 6.72. The lowest BCUT2D eigenvalue weighted by Crippen LogP contribution is -2.35. The molecule has 1 heterocycles. The first-order valence-electron chi connectivity index (χ1n) is 6.72. The van der Waals surface area contributed by atoms with E-state index in [-0.39, 0.29) is 5.43 Å². The minimum Gasteiger partial charge on any atom is -0.353 e. The Kier molecular flexibility index (Phi) is 3.02. The highest BCUT2D eigenvalue weighted by Gasteiger charge is 2.40. The maximum absolute atomic E-state index is 11.0. The van der Waals surface area contributed by atoms with E-state index in [2.05, 4.69) is 9.88 Å². The van der Waals surface area contributed by atoms with E-state index in [0.29, 0.717) is 0 Å². The zero-order valence-electron chi connectivity index (χ0n) is 10.1. The molecule has 2 fully saturated rings. The quantitative estimate of drug-likeness (QED) is 0.809. The molecule has 3 heteroatoms. The molecule has 3 nitrogen and oxygen atoms in total. The lowest BCUT2D eigenvalue weighted by molar-refractivity contribution is 0.406. The van der Waals surface area contributed by atoms with Crippen LogP contribution in [0.25, 0.3) is 0 Å². The van der Waals surface area contributed by atoms with Gasteiger partial charge in [0.05, 0.1) is 0 Å². The lowest BCUT2D eigenvalue weighted by atomic mass is 10.1. The van der Waals surface area contributed by atoms with Gasteiger partial charge in [-0.2, -0.15) is 0 Å². The third-order valence-electron chi connectivity index (χ3n) is 3.87. The van der Waals surface area contributed by atoms with Crippen molar-refractivity contribution >= 4 is 0 Å². The van der Waals surface area contributed by atoms with Crippen LogP contribution in [-0.4, -0.2) is 17.2 Å². The maximum atomic E-state index is 11.0. The van der Waals surface area contributed by atoms with Crippen molar-refractivity contribution in [2.24, 2.45) is 11.8 Å². The normalized spacial score (nSPS) is 19.8. The minimum atomic E-state index is 0.0862. The van der Waals surface area contributed by atoms with Gasteiger partial charge < -0.3 is 9.88 Å². The predicted molar refractivity (Wildman–Crippen MR) is 67.9 cm³/mol. The highest BCUT2D eigenvalue weighted by Crippen LogP contribution is 2.44. The molecular weight excluding hydrogens is 212 g/mol. The first-order chi connectivity index (χ1) is 8.33. The van der Waals surface area contributed by atoms with Gasteiger partial charge in [0.25, 0.3) is 0 Å². The Morgan fingerprint density at radius 1 is 1.18 bits per heavy atom. The number of rotatable bonds is 6. The Hall–Kier alpha value is -1.09. The zero-order valence-corrected chi connectivity index (χ0v) is 10.1. The van der Waals surface area contributed by atoms with Crippen LogP contribution in [0.1, 0.15) is 25.7 Å². The Morgan fingerprint density at radius 2 is 1.76 bits per heavy atom. The second-order valence-corrected chi connectivity index (χ2v) is 5.43. The van der Waals surface area contributed by atoms with Crippen LogP contribution in [0.3, 0.4) is 0 Å². The molecule has 2 aliphatic carbocycles. The molecule has 0 radical (unpaired) electrons. The summed E-state index contributed by atoms with van der Waals surface area (Å²) in [6.45, 7) is 1.97. The Bertz CT molecular complexity index is 400. The van der Waals surface area contributed by atoms with Gasteiger partial charge in [-0.05, 0) is 37.5 Å². The molecule has 1 aromatic heterocycles. The molecule has 2 aliphatic rings. The van der Waals surface area contributed by atoms with Crippen LogP contribution in [-0.2, 0) is 6.54 Å². The third-order valence-corrected chi connectivity index (χ3v) is 3.87. The molecule has 1 N–H and O–H groups in total. The standard InChI is InChI=1S/C14H20N2O/c17-13-5-8-16(9-6-13)10-7-15-14(11-1-2-11)12-3-4-12/h5-6,8-9,11-12,14-15H,1-4,7,10H2. The van der Waals surface area contributed by atoms with Gasteiger partial charge in [0.15, 0.2) is 5.43 Å². The molecule has 17 heavy (non-hydrogen) atoms. The molecule has 0 spiro atoms. The van der Waals surface area contributed by atoms with E-state index in [1.807, 2.05) is 12.4 Å². The molecule has 1 aromatic rings. The van der Waals surface area contributed by atoms with Crippen molar-refractivity contribution in [1.82, 2.24) is 9.88 Å². The highest BCUT2D eigenvalue weighted by atomic mass is 16.1. The molecule has 92 valence electrons. The van der Waals surface area contributed by atoms with Crippen LogP contribution in [0, 0.1) is 11.8 Å².